The fraction of sp³-hybridized carbons (Fsp3) is 0.308. The fourth-order valence-corrected chi connectivity index (χ4v) is 3.75. The highest BCUT2D eigenvalue weighted by Gasteiger charge is 2.29. The van der Waals surface area contributed by atoms with E-state index in [9.17, 15) is 14.4 Å². The zero-order valence-corrected chi connectivity index (χ0v) is 20.2. The molecule has 0 saturated heterocycles. The molecule has 2 amide bonds. The number of hydrogen-bond donors (Lipinski definition) is 0. The van der Waals surface area contributed by atoms with E-state index < -0.39 is 0 Å². The number of oxazole rings is 1. The number of aromatic nitrogens is 1. The Kier molecular flexibility index (Phi) is 6.86. The first-order valence-corrected chi connectivity index (χ1v) is 11.3. The third-order valence-electron chi connectivity index (χ3n) is 5.87. The molecule has 0 radical (unpaired) electrons. The lowest BCUT2D eigenvalue weighted by molar-refractivity contribution is -0.121. The average Bonchev–Trinajstić information content (AvgIpc) is 3.32. The molecule has 9 nitrogen and oxygen atoms in total. The van der Waals surface area contributed by atoms with E-state index in [4.69, 9.17) is 13.9 Å². The molecule has 2 aromatic carbocycles. The standard InChI is InChI=1S/C26H27N3O6/c1-5-28(4)26(32)19-13-34-23(27-19)12-29-20-11-18(9-10-22(20)33-15-24(29)31)21(30)14-35-25-16(2)7-6-8-17(25)3/h6-11,13H,5,12,14-15H2,1-4H3. The first kappa shape index (κ1) is 24.0. The van der Waals surface area contributed by atoms with E-state index in [1.807, 2.05) is 39.0 Å². The molecule has 4 rings (SSSR count). The summed E-state index contributed by atoms with van der Waals surface area (Å²) in [4.78, 5) is 45.1. The number of rotatable bonds is 8. The van der Waals surface area contributed by atoms with Crippen molar-refractivity contribution in [3.05, 3.63) is 70.9 Å². The molecule has 9 heteroatoms. The molecule has 0 atom stereocenters. The molecule has 1 aromatic heterocycles. The molecular formula is C26H27N3O6. The lowest BCUT2D eigenvalue weighted by Gasteiger charge is -2.28. The molecule has 1 aliphatic rings. The summed E-state index contributed by atoms with van der Waals surface area (Å²) >= 11 is 0. The Morgan fingerprint density at radius 3 is 2.63 bits per heavy atom. The lowest BCUT2D eigenvalue weighted by Crippen LogP contribution is -2.38. The van der Waals surface area contributed by atoms with Crippen LogP contribution in [0, 0.1) is 13.8 Å². The number of amides is 2. The van der Waals surface area contributed by atoms with Crippen LogP contribution in [0.25, 0.3) is 0 Å². The number of aryl methyl sites for hydroxylation is 2. The maximum absolute atomic E-state index is 12.9. The van der Waals surface area contributed by atoms with Crippen molar-refractivity contribution in [3.63, 3.8) is 0 Å². The van der Waals surface area contributed by atoms with Gasteiger partial charge >= 0.3 is 0 Å². The van der Waals surface area contributed by atoms with Gasteiger partial charge in [0.05, 0.1) is 5.69 Å². The van der Waals surface area contributed by atoms with Gasteiger partial charge in [0.1, 0.15) is 24.3 Å². The molecule has 0 saturated carbocycles. The molecule has 0 spiro atoms. The molecule has 3 aromatic rings. The maximum Gasteiger partial charge on any atom is 0.275 e. The summed E-state index contributed by atoms with van der Waals surface area (Å²) < 4.78 is 16.8. The minimum Gasteiger partial charge on any atom is -0.485 e. The number of para-hydroxylation sites is 1. The van der Waals surface area contributed by atoms with Gasteiger partial charge in [0.15, 0.2) is 24.7 Å². The number of nitrogens with zero attached hydrogens (tertiary/aromatic N) is 3. The number of anilines is 1. The largest absolute Gasteiger partial charge is 0.485 e. The number of carbonyl (C=O) groups excluding carboxylic acids is 3. The van der Waals surface area contributed by atoms with E-state index in [0.717, 1.165) is 11.1 Å². The van der Waals surface area contributed by atoms with Gasteiger partial charge in [-0.2, -0.15) is 0 Å². The smallest absolute Gasteiger partial charge is 0.275 e. The molecule has 0 fully saturated rings. The highest BCUT2D eigenvalue weighted by atomic mass is 16.5. The van der Waals surface area contributed by atoms with Gasteiger partial charge in [0, 0.05) is 19.2 Å². The molecule has 0 N–H and O–H groups in total. The molecule has 1 aliphatic heterocycles. The molecule has 182 valence electrons. The van der Waals surface area contributed by atoms with Gasteiger partial charge < -0.3 is 18.8 Å². The topological polar surface area (TPSA) is 102 Å². The fourth-order valence-electron chi connectivity index (χ4n) is 3.75. The van der Waals surface area contributed by atoms with Crippen LogP contribution in [-0.2, 0) is 11.3 Å². The van der Waals surface area contributed by atoms with Crippen LogP contribution in [0.1, 0.15) is 44.8 Å². The van der Waals surface area contributed by atoms with Crippen molar-refractivity contribution in [2.24, 2.45) is 0 Å². The van der Waals surface area contributed by atoms with Crippen LogP contribution in [0.2, 0.25) is 0 Å². The first-order chi connectivity index (χ1) is 16.8. The molecule has 2 heterocycles. The van der Waals surface area contributed by atoms with Gasteiger partial charge in [0.25, 0.3) is 11.8 Å². The van der Waals surface area contributed by atoms with Crippen molar-refractivity contribution >= 4 is 23.3 Å². The van der Waals surface area contributed by atoms with E-state index in [1.54, 1.807) is 25.2 Å². The van der Waals surface area contributed by atoms with Gasteiger partial charge in [-0.25, -0.2) is 4.98 Å². The maximum atomic E-state index is 12.9. The number of benzene rings is 2. The monoisotopic (exact) mass is 477 g/mol. The summed E-state index contributed by atoms with van der Waals surface area (Å²) in [6, 6.07) is 10.7. The molecule has 0 bridgehead atoms. The van der Waals surface area contributed by atoms with Crippen molar-refractivity contribution in [3.8, 4) is 11.5 Å². The Labute approximate surface area is 203 Å². The van der Waals surface area contributed by atoms with Gasteiger partial charge in [-0.1, -0.05) is 18.2 Å². The minimum absolute atomic E-state index is 0.00510. The van der Waals surface area contributed by atoms with Crippen LogP contribution in [0.5, 0.6) is 11.5 Å². The van der Waals surface area contributed by atoms with Gasteiger partial charge in [-0.05, 0) is 50.1 Å². The molecule has 0 aliphatic carbocycles. The van der Waals surface area contributed by atoms with Gasteiger partial charge in [-0.15, -0.1) is 0 Å². The number of hydrogen-bond acceptors (Lipinski definition) is 7. The zero-order chi connectivity index (χ0) is 25.1. The number of Topliss-reactive ketones (excluding diaryl/α,β-unsaturated/α-hetero) is 1. The van der Waals surface area contributed by atoms with Crippen molar-refractivity contribution in [1.29, 1.82) is 0 Å². The summed E-state index contributed by atoms with van der Waals surface area (Å²) in [5.74, 6) is 0.528. The predicted molar refractivity (Wildman–Crippen MR) is 128 cm³/mol. The van der Waals surface area contributed by atoms with Gasteiger partial charge in [0.2, 0.25) is 5.89 Å². The number of ether oxygens (including phenoxy) is 2. The van der Waals surface area contributed by atoms with Crippen molar-refractivity contribution in [2.75, 3.05) is 31.7 Å². The minimum atomic E-state index is -0.314. The summed E-state index contributed by atoms with van der Waals surface area (Å²) in [6.07, 6.45) is 1.28. The Morgan fingerprint density at radius 2 is 1.91 bits per heavy atom. The summed E-state index contributed by atoms with van der Waals surface area (Å²) in [7, 11) is 1.67. The Hall–Kier alpha value is -4.14. The van der Waals surface area contributed by atoms with Crippen LogP contribution in [-0.4, -0.2) is 54.3 Å². The third-order valence-corrected chi connectivity index (χ3v) is 5.87. The lowest BCUT2D eigenvalue weighted by atomic mass is 10.1. The SMILES string of the molecule is CCN(C)C(=O)c1coc(CN2C(=O)COc3ccc(C(=O)COc4c(C)cccc4C)cc32)n1. The predicted octanol–water partition coefficient (Wildman–Crippen LogP) is 3.57. The first-order valence-electron chi connectivity index (χ1n) is 11.3. The highest BCUT2D eigenvalue weighted by Crippen LogP contribution is 2.34. The Bertz CT molecular complexity index is 1260. The Morgan fingerprint density at radius 1 is 1.17 bits per heavy atom. The summed E-state index contributed by atoms with van der Waals surface area (Å²) in [5.41, 5.74) is 2.87. The van der Waals surface area contributed by atoms with Gasteiger partial charge in [-0.3, -0.25) is 19.3 Å². The van der Waals surface area contributed by atoms with Crippen molar-refractivity contribution in [2.45, 2.75) is 27.3 Å². The second kappa shape index (κ2) is 10.0. The van der Waals surface area contributed by atoms with Crippen molar-refractivity contribution in [1.82, 2.24) is 9.88 Å². The Balaban J connectivity index is 1.53. The number of fused-ring (bicyclic) bond motifs is 1. The van der Waals surface area contributed by atoms with E-state index in [0.29, 0.717) is 29.3 Å². The van der Waals surface area contributed by atoms with E-state index in [1.165, 1.54) is 16.1 Å². The van der Waals surface area contributed by atoms with E-state index in [-0.39, 0.29) is 48.9 Å². The third kappa shape index (κ3) is 5.03. The molecule has 0 unspecified atom stereocenters. The number of carbonyl (C=O) groups is 3. The quantitative estimate of drug-likeness (QED) is 0.457. The van der Waals surface area contributed by atoms with E-state index in [2.05, 4.69) is 4.98 Å². The molecule has 35 heavy (non-hydrogen) atoms. The summed E-state index contributed by atoms with van der Waals surface area (Å²) in [6.45, 7) is 5.93. The summed E-state index contributed by atoms with van der Waals surface area (Å²) in [5, 5.41) is 0. The van der Waals surface area contributed by atoms with Crippen LogP contribution in [0.4, 0.5) is 5.69 Å². The highest BCUT2D eigenvalue weighted by molar-refractivity contribution is 6.02. The zero-order valence-electron chi connectivity index (χ0n) is 20.2. The van der Waals surface area contributed by atoms with E-state index >= 15 is 0 Å². The normalized spacial score (nSPS) is 12.7. The number of ketones is 1. The second-order valence-electron chi connectivity index (χ2n) is 8.33. The van der Waals surface area contributed by atoms with Crippen LogP contribution >= 0.6 is 0 Å². The molecular weight excluding hydrogens is 450 g/mol. The van der Waals surface area contributed by atoms with Crippen LogP contribution < -0.4 is 14.4 Å². The van der Waals surface area contributed by atoms with Crippen LogP contribution in [0.15, 0.2) is 47.1 Å². The second-order valence-corrected chi connectivity index (χ2v) is 8.33. The average molecular weight is 478 g/mol. The van der Waals surface area contributed by atoms with Crippen molar-refractivity contribution < 1.29 is 28.3 Å². The van der Waals surface area contributed by atoms with Crippen LogP contribution in [0.3, 0.4) is 0 Å².